The first-order chi connectivity index (χ1) is 10.4. The Bertz CT molecular complexity index is 703. The van der Waals surface area contributed by atoms with E-state index in [1.807, 2.05) is 45.2 Å². The summed E-state index contributed by atoms with van der Waals surface area (Å²) in [5.41, 5.74) is 2.37. The molecule has 1 N–H and O–H groups in total. The van der Waals surface area contributed by atoms with Gasteiger partial charge in [-0.3, -0.25) is 9.48 Å². The van der Waals surface area contributed by atoms with E-state index in [-0.39, 0.29) is 5.91 Å². The number of carbonyl (C=O) groups is 1. The number of amides is 1. The van der Waals surface area contributed by atoms with Crippen molar-refractivity contribution < 1.29 is 9.90 Å². The van der Waals surface area contributed by atoms with Gasteiger partial charge in [-0.25, -0.2) is 0 Å². The second-order valence-electron chi connectivity index (χ2n) is 6.12. The standard InChI is InChI=1S/C17H21N3O2/c1-12-6-4-5-7-14(12)17(22)8-9-20(11-17)16(21)15-10-13(2)19(3)18-15/h4-7,10,22H,8-9,11H2,1-3H3. The lowest BCUT2D eigenvalue weighted by atomic mass is 9.89. The molecule has 116 valence electrons. The van der Waals surface area contributed by atoms with E-state index < -0.39 is 5.60 Å². The summed E-state index contributed by atoms with van der Waals surface area (Å²) in [6, 6.07) is 9.59. The van der Waals surface area contributed by atoms with Gasteiger partial charge in [0.1, 0.15) is 5.60 Å². The van der Waals surface area contributed by atoms with Crippen LogP contribution in [0.25, 0.3) is 0 Å². The molecule has 1 saturated heterocycles. The highest BCUT2D eigenvalue weighted by Crippen LogP contribution is 2.34. The van der Waals surface area contributed by atoms with Crippen LogP contribution >= 0.6 is 0 Å². The predicted molar refractivity (Wildman–Crippen MR) is 83.5 cm³/mol. The van der Waals surface area contributed by atoms with E-state index >= 15 is 0 Å². The molecule has 1 atom stereocenters. The lowest BCUT2D eigenvalue weighted by Gasteiger charge is -2.25. The molecule has 1 aliphatic heterocycles. The molecular weight excluding hydrogens is 278 g/mol. The number of hydrogen-bond donors (Lipinski definition) is 1. The molecule has 0 spiro atoms. The van der Waals surface area contributed by atoms with E-state index in [1.54, 1.807) is 15.6 Å². The smallest absolute Gasteiger partial charge is 0.274 e. The average Bonchev–Trinajstić information content (AvgIpc) is 3.03. The number of benzene rings is 1. The van der Waals surface area contributed by atoms with Crippen LogP contribution in [0.1, 0.15) is 33.7 Å². The molecular formula is C17H21N3O2. The van der Waals surface area contributed by atoms with Gasteiger partial charge in [-0.2, -0.15) is 5.10 Å². The van der Waals surface area contributed by atoms with E-state index in [2.05, 4.69) is 5.10 Å². The van der Waals surface area contributed by atoms with Crippen molar-refractivity contribution in [2.24, 2.45) is 7.05 Å². The van der Waals surface area contributed by atoms with Gasteiger partial charge in [0.05, 0.1) is 6.54 Å². The predicted octanol–water partition coefficient (Wildman–Crippen LogP) is 1.77. The molecule has 0 saturated carbocycles. The maximum atomic E-state index is 12.6. The van der Waals surface area contributed by atoms with Crippen LogP contribution < -0.4 is 0 Å². The normalized spacial score (nSPS) is 21.4. The van der Waals surface area contributed by atoms with E-state index in [9.17, 15) is 9.90 Å². The highest BCUT2D eigenvalue weighted by molar-refractivity contribution is 5.92. The molecule has 1 unspecified atom stereocenters. The van der Waals surface area contributed by atoms with E-state index in [1.165, 1.54) is 0 Å². The number of nitrogens with zero attached hydrogens (tertiary/aromatic N) is 3. The number of aryl methyl sites for hydroxylation is 3. The van der Waals surface area contributed by atoms with E-state index in [0.717, 1.165) is 16.8 Å². The number of aliphatic hydroxyl groups is 1. The number of β-amino-alcohol motifs (C(OH)–C–C–N with tert-alkyl or cyclic N) is 1. The molecule has 3 rings (SSSR count). The van der Waals surface area contributed by atoms with Gasteiger partial charge in [0.15, 0.2) is 5.69 Å². The van der Waals surface area contributed by atoms with Crippen molar-refractivity contribution in [1.29, 1.82) is 0 Å². The minimum absolute atomic E-state index is 0.117. The maximum Gasteiger partial charge on any atom is 0.274 e. The van der Waals surface area contributed by atoms with Crippen LogP contribution in [0, 0.1) is 13.8 Å². The number of likely N-dealkylation sites (tertiary alicyclic amines) is 1. The third-order valence-electron chi connectivity index (χ3n) is 4.51. The highest BCUT2D eigenvalue weighted by Gasteiger charge is 2.41. The molecule has 2 heterocycles. The van der Waals surface area contributed by atoms with Crippen molar-refractivity contribution in [3.63, 3.8) is 0 Å². The number of aromatic nitrogens is 2. The van der Waals surface area contributed by atoms with Gasteiger partial charge in [0.2, 0.25) is 0 Å². The monoisotopic (exact) mass is 299 g/mol. The SMILES string of the molecule is Cc1ccccc1C1(O)CCN(C(=O)c2cc(C)n(C)n2)C1. The average molecular weight is 299 g/mol. The lowest BCUT2D eigenvalue weighted by molar-refractivity contribution is 0.0410. The fourth-order valence-electron chi connectivity index (χ4n) is 3.11. The molecule has 2 aromatic rings. The molecule has 0 bridgehead atoms. The summed E-state index contributed by atoms with van der Waals surface area (Å²) in [5, 5.41) is 15.2. The van der Waals surface area contributed by atoms with Crippen molar-refractivity contribution in [2.75, 3.05) is 13.1 Å². The zero-order valence-corrected chi connectivity index (χ0v) is 13.2. The van der Waals surface area contributed by atoms with Crippen LogP contribution in [0.3, 0.4) is 0 Å². The lowest BCUT2D eigenvalue weighted by Crippen LogP contribution is -2.35. The molecule has 1 amide bonds. The molecule has 1 aromatic heterocycles. The van der Waals surface area contributed by atoms with Crippen LogP contribution in [0.4, 0.5) is 0 Å². The first-order valence-electron chi connectivity index (χ1n) is 7.49. The molecule has 1 aromatic carbocycles. The Morgan fingerprint density at radius 3 is 2.68 bits per heavy atom. The summed E-state index contributed by atoms with van der Waals surface area (Å²) in [7, 11) is 1.82. The maximum absolute atomic E-state index is 12.6. The van der Waals surface area contributed by atoms with Crippen LogP contribution in [0.15, 0.2) is 30.3 Å². The second kappa shape index (κ2) is 5.25. The van der Waals surface area contributed by atoms with Crippen molar-refractivity contribution in [3.8, 4) is 0 Å². The van der Waals surface area contributed by atoms with Gasteiger partial charge in [0, 0.05) is 19.3 Å². The van der Waals surface area contributed by atoms with Gasteiger partial charge in [-0.15, -0.1) is 0 Å². The Kier molecular flexibility index (Phi) is 3.53. The van der Waals surface area contributed by atoms with Crippen LogP contribution in [0.5, 0.6) is 0 Å². The Morgan fingerprint density at radius 1 is 1.32 bits per heavy atom. The quantitative estimate of drug-likeness (QED) is 0.919. The molecule has 1 aliphatic rings. The van der Waals surface area contributed by atoms with Crippen LogP contribution in [-0.2, 0) is 12.6 Å². The number of hydrogen-bond acceptors (Lipinski definition) is 3. The third kappa shape index (κ3) is 2.41. The van der Waals surface area contributed by atoms with Gasteiger partial charge in [0.25, 0.3) is 5.91 Å². The molecule has 0 aliphatic carbocycles. The zero-order valence-electron chi connectivity index (χ0n) is 13.2. The van der Waals surface area contributed by atoms with Crippen molar-refractivity contribution in [2.45, 2.75) is 25.9 Å². The highest BCUT2D eigenvalue weighted by atomic mass is 16.3. The summed E-state index contributed by atoms with van der Waals surface area (Å²) in [6.45, 7) is 4.75. The third-order valence-corrected chi connectivity index (χ3v) is 4.51. The van der Waals surface area contributed by atoms with Gasteiger partial charge >= 0.3 is 0 Å². The van der Waals surface area contributed by atoms with Gasteiger partial charge in [-0.1, -0.05) is 24.3 Å². The van der Waals surface area contributed by atoms with Crippen LogP contribution in [0.2, 0.25) is 0 Å². The zero-order chi connectivity index (χ0) is 15.9. The van der Waals surface area contributed by atoms with Gasteiger partial charge < -0.3 is 10.0 Å². The summed E-state index contributed by atoms with van der Waals surface area (Å²) in [5.74, 6) is -0.117. The topological polar surface area (TPSA) is 58.4 Å². The van der Waals surface area contributed by atoms with Crippen molar-refractivity contribution >= 4 is 5.91 Å². The van der Waals surface area contributed by atoms with Gasteiger partial charge in [-0.05, 0) is 37.5 Å². The Hall–Kier alpha value is -2.14. The first kappa shape index (κ1) is 14.8. The summed E-state index contributed by atoms with van der Waals surface area (Å²) >= 11 is 0. The van der Waals surface area contributed by atoms with E-state index in [0.29, 0.717) is 25.2 Å². The number of rotatable bonds is 2. The second-order valence-corrected chi connectivity index (χ2v) is 6.12. The Balaban J connectivity index is 1.82. The summed E-state index contributed by atoms with van der Waals surface area (Å²) in [4.78, 5) is 14.2. The largest absolute Gasteiger partial charge is 0.383 e. The minimum atomic E-state index is -0.967. The molecule has 1 fully saturated rings. The minimum Gasteiger partial charge on any atom is -0.383 e. The number of carbonyl (C=O) groups excluding carboxylic acids is 1. The molecule has 0 radical (unpaired) electrons. The fraction of sp³-hybridized carbons (Fsp3) is 0.412. The Labute approximate surface area is 130 Å². The fourth-order valence-corrected chi connectivity index (χ4v) is 3.11. The van der Waals surface area contributed by atoms with Crippen molar-refractivity contribution in [3.05, 3.63) is 52.8 Å². The summed E-state index contributed by atoms with van der Waals surface area (Å²) < 4.78 is 1.69. The summed E-state index contributed by atoms with van der Waals surface area (Å²) in [6.07, 6.45) is 0.551. The molecule has 5 heteroatoms. The molecule has 22 heavy (non-hydrogen) atoms. The van der Waals surface area contributed by atoms with Crippen LogP contribution in [-0.4, -0.2) is 38.8 Å². The van der Waals surface area contributed by atoms with E-state index in [4.69, 9.17) is 0 Å². The molecule has 5 nitrogen and oxygen atoms in total. The first-order valence-corrected chi connectivity index (χ1v) is 7.49. The Morgan fingerprint density at radius 2 is 2.05 bits per heavy atom. The van der Waals surface area contributed by atoms with Crippen molar-refractivity contribution in [1.82, 2.24) is 14.7 Å².